The molecule has 0 aromatic heterocycles. The number of piperidine rings is 1. The minimum Gasteiger partial charge on any atom is -0.356 e. The smallest absolute Gasteiger partial charge is 0.220 e. The van der Waals surface area contributed by atoms with Gasteiger partial charge in [-0.2, -0.15) is 0 Å². The van der Waals surface area contributed by atoms with E-state index in [-0.39, 0.29) is 11.3 Å². The number of nitrogens with one attached hydrogen (secondary N) is 2. The molecule has 0 aromatic carbocycles. The van der Waals surface area contributed by atoms with E-state index >= 15 is 0 Å². The molecule has 1 heterocycles. The molecule has 3 nitrogen and oxygen atoms in total. The summed E-state index contributed by atoms with van der Waals surface area (Å²) in [6.45, 7) is 6.18. The number of rotatable bonds is 3. The highest BCUT2D eigenvalue weighted by molar-refractivity contribution is 5.77. The van der Waals surface area contributed by atoms with E-state index in [9.17, 15) is 4.79 Å². The largest absolute Gasteiger partial charge is 0.356 e. The molecule has 1 fully saturated rings. The minimum atomic E-state index is 0.178. The van der Waals surface area contributed by atoms with Crippen molar-refractivity contribution in [3.8, 4) is 0 Å². The van der Waals surface area contributed by atoms with Gasteiger partial charge >= 0.3 is 0 Å². The summed E-state index contributed by atoms with van der Waals surface area (Å²) in [7, 11) is 1.96. The molecule has 1 saturated heterocycles. The van der Waals surface area contributed by atoms with Crippen LogP contribution in [0.2, 0.25) is 0 Å². The first kappa shape index (κ1) is 10.5. The van der Waals surface area contributed by atoms with Crippen molar-refractivity contribution in [2.45, 2.75) is 26.7 Å². The van der Waals surface area contributed by atoms with Crippen molar-refractivity contribution in [3.63, 3.8) is 0 Å². The molecule has 13 heavy (non-hydrogen) atoms. The van der Waals surface area contributed by atoms with E-state index in [2.05, 4.69) is 24.5 Å². The van der Waals surface area contributed by atoms with Gasteiger partial charge in [0.1, 0.15) is 0 Å². The topological polar surface area (TPSA) is 41.1 Å². The molecule has 1 aliphatic heterocycles. The lowest BCUT2D eigenvalue weighted by atomic mass is 9.70. The normalized spacial score (nSPS) is 29.1. The number of carbonyl (C=O) groups excluding carboxylic acids is 1. The first-order valence-electron chi connectivity index (χ1n) is 5.02. The van der Waals surface area contributed by atoms with Crippen LogP contribution in [0.25, 0.3) is 0 Å². The van der Waals surface area contributed by atoms with Gasteiger partial charge in [-0.3, -0.25) is 4.79 Å². The van der Waals surface area contributed by atoms with Crippen molar-refractivity contribution >= 4 is 5.91 Å². The van der Waals surface area contributed by atoms with Crippen molar-refractivity contribution < 1.29 is 4.79 Å². The van der Waals surface area contributed by atoms with Gasteiger partial charge in [0.2, 0.25) is 5.91 Å². The third kappa shape index (κ3) is 2.21. The summed E-state index contributed by atoms with van der Waals surface area (Å²) in [6.07, 6.45) is 1.77. The molecule has 1 atom stereocenters. The van der Waals surface area contributed by atoms with E-state index in [0.29, 0.717) is 12.3 Å². The molecule has 3 heteroatoms. The Morgan fingerprint density at radius 2 is 2.31 bits per heavy atom. The van der Waals surface area contributed by atoms with E-state index in [1.54, 1.807) is 0 Å². The Morgan fingerprint density at radius 3 is 2.77 bits per heavy atom. The fraction of sp³-hybridized carbons (Fsp3) is 0.900. The molecular formula is C10H20N2O. The van der Waals surface area contributed by atoms with E-state index in [4.69, 9.17) is 0 Å². The summed E-state index contributed by atoms with van der Waals surface area (Å²) in [5.74, 6) is 0.765. The Balaban J connectivity index is 2.70. The Kier molecular flexibility index (Phi) is 3.31. The van der Waals surface area contributed by atoms with Crippen molar-refractivity contribution in [3.05, 3.63) is 0 Å². The number of amides is 1. The van der Waals surface area contributed by atoms with Gasteiger partial charge < -0.3 is 10.6 Å². The predicted molar refractivity (Wildman–Crippen MR) is 53.4 cm³/mol. The van der Waals surface area contributed by atoms with E-state index in [0.717, 1.165) is 19.5 Å². The highest BCUT2D eigenvalue weighted by Gasteiger charge is 2.37. The van der Waals surface area contributed by atoms with Crippen LogP contribution >= 0.6 is 0 Å². The zero-order valence-corrected chi connectivity index (χ0v) is 8.81. The third-order valence-electron chi connectivity index (χ3n) is 3.21. The van der Waals surface area contributed by atoms with Crippen LogP contribution in [0.5, 0.6) is 0 Å². The van der Waals surface area contributed by atoms with Crippen LogP contribution in [0.4, 0.5) is 0 Å². The zero-order valence-electron chi connectivity index (χ0n) is 8.81. The van der Waals surface area contributed by atoms with Crippen LogP contribution < -0.4 is 10.6 Å². The van der Waals surface area contributed by atoms with Crippen LogP contribution in [0.15, 0.2) is 0 Å². The highest BCUT2D eigenvalue weighted by Crippen LogP contribution is 2.36. The van der Waals surface area contributed by atoms with Crippen molar-refractivity contribution in [1.29, 1.82) is 0 Å². The van der Waals surface area contributed by atoms with Gasteiger partial charge in [0.05, 0.1) is 0 Å². The van der Waals surface area contributed by atoms with Gasteiger partial charge in [-0.25, -0.2) is 0 Å². The molecule has 2 N–H and O–H groups in total. The molecule has 1 unspecified atom stereocenters. The number of hydrogen-bond acceptors (Lipinski definition) is 2. The molecule has 1 amide bonds. The first-order valence-corrected chi connectivity index (χ1v) is 5.02. The van der Waals surface area contributed by atoms with Gasteiger partial charge in [-0.15, -0.1) is 0 Å². The maximum Gasteiger partial charge on any atom is 0.220 e. The fourth-order valence-electron chi connectivity index (χ4n) is 2.12. The average molecular weight is 184 g/mol. The van der Waals surface area contributed by atoms with E-state index < -0.39 is 0 Å². The summed E-state index contributed by atoms with van der Waals surface area (Å²) >= 11 is 0. The SMILES string of the molecule is CNCC1(C(C)C)CCNC(=O)C1. The highest BCUT2D eigenvalue weighted by atomic mass is 16.1. The summed E-state index contributed by atoms with van der Waals surface area (Å²) < 4.78 is 0. The summed E-state index contributed by atoms with van der Waals surface area (Å²) in [5, 5.41) is 6.08. The molecule has 0 aliphatic carbocycles. The fourth-order valence-corrected chi connectivity index (χ4v) is 2.12. The maximum absolute atomic E-state index is 11.3. The number of carbonyl (C=O) groups is 1. The van der Waals surface area contributed by atoms with Gasteiger partial charge in [0.15, 0.2) is 0 Å². The van der Waals surface area contributed by atoms with Crippen LogP contribution in [-0.2, 0) is 4.79 Å². The third-order valence-corrected chi connectivity index (χ3v) is 3.21. The molecule has 0 bridgehead atoms. The van der Waals surface area contributed by atoms with Gasteiger partial charge in [-0.05, 0) is 24.8 Å². The average Bonchev–Trinajstić information content (AvgIpc) is 2.04. The molecular weight excluding hydrogens is 164 g/mol. The summed E-state index contributed by atoms with van der Waals surface area (Å²) in [4.78, 5) is 11.3. The molecule has 0 aromatic rings. The van der Waals surface area contributed by atoms with Crippen molar-refractivity contribution in [2.75, 3.05) is 20.1 Å². The maximum atomic E-state index is 11.3. The summed E-state index contributed by atoms with van der Waals surface area (Å²) in [6, 6.07) is 0. The quantitative estimate of drug-likeness (QED) is 0.680. The van der Waals surface area contributed by atoms with Crippen molar-refractivity contribution in [1.82, 2.24) is 10.6 Å². The second kappa shape index (κ2) is 4.09. The second-order valence-corrected chi connectivity index (χ2v) is 4.32. The molecule has 1 aliphatic rings. The van der Waals surface area contributed by atoms with Gasteiger partial charge in [0.25, 0.3) is 0 Å². The first-order chi connectivity index (χ1) is 6.10. The second-order valence-electron chi connectivity index (χ2n) is 4.32. The lowest BCUT2D eigenvalue weighted by Crippen LogP contribution is -2.48. The Labute approximate surface area is 80.3 Å². The molecule has 1 rings (SSSR count). The Morgan fingerprint density at radius 1 is 1.62 bits per heavy atom. The minimum absolute atomic E-state index is 0.178. The van der Waals surface area contributed by atoms with Gasteiger partial charge in [-0.1, -0.05) is 13.8 Å². The molecule has 0 saturated carbocycles. The molecule has 76 valence electrons. The number of hydrogen-bond donors (Lipinski definition) is 2. The Hall–Kier alpha value is -0.570. The molecule has 0 radical (unpaired) electrons. The van der Waals surface area contributed by atoms with Gasteiger partial charge in [0, 0.05) is 19.5 Å². The Bertz CT molecular complexity index is 187. The predicted octanol–water partition coefficient (Wildman–Crippen LogP) is 0.758. The van der Waals surface area contributed by atoms with Crippen molar-refractivity contribution in [2.24, 2.45) is 11.3 Å². The van der Waals surface area contributed by atoms with Crippen LogP contribution in [0.3, 0.4) is 0 Å². The lowest BCUT2D eigenvalue weighted by molar-refractivity contribution is -0.126. The summed E-state index contributed by atoms with van der Waals surface area (Å²) in [5.41, 5.74) is 0.178. The monoisotopic (exact) mass is 184 g/mol. The molecule has 0 spiro atoms. The zero-order chi connectivity index (χ0) is 9.90. The van der Waals surface area contributed by atoms with E-state index in [1.165, 1.54) is 0 Å². The van der Waals surface area contributed by atoms with Crippen LogP contribution in [0, 0.1) is 11.3 Å². The van der Waals surface area contributed by atoms with Crippen LogP contribution in [-0.4, -0.2) is 26.0 Å². The standard InChI is InChI=1S/C10H20N2O/c1-8(2)10(7-11-3)4-5-12-9(13)6-10/h8,11H,4-7H2,1-3H3,(H,12,13). The van der Waals surface area contributed by atoms with Crippen LogP contribution in [0.1, 0.15) is 26.7 Å². The van der Waals surface area contributed by atoms with E-state index in [1.807, 2.05) is 7.05 Å². The lowest BCUT2D eigenvalue weighted by Gasteiger charge is -2.40.